The molecule has 0 heterocycles. The highest BCUT2D eigenvalue weighted by Gasteiger charge is 2.57. The summed E-state index contributed by atoms with van der Waals surface area (Å²) >= 11 is 0. The van der Waals surface area contributed by atoms with Crippen molar-refractivity contribution in [3.05, 3.63) is 11.6 Å². The summed E-state index contributed by atoms with van der Waals surface area (Å²) in [6.07, 6.45) is 26.0. The molecule has 3 heteroatoms. The number of allylic oxidation sites excluding steroid dienone is 1. The fourth-order valence-electron chi connectivity index (χ4n) is 8.48. The van der Waals surface area contributed by atoms with Crippen LogP contribution in [-0.2, 0) is 14.3 Å². The molecule has 3 saturated carbocycles. The molecular weight excluding hydrogens is 432 g/mol. The number of fused-ring (bicyclic) bond motifs is 5. The summed E-state index contributed by atoms with van der Waals surface area (Å²) in [4.78, 5) is 24.6. The second-order valence-electron chi connectivity index (χ2n) is 12.7. The first-order valence-corrected chi connectivity index (χ1v) is 15.5. The molecule has 0 spiro atoms. The highest BCUT2D eigenvalue weighted by atomic mass is 16.5. The van der Waals surface area contributed by atoms with Crippen molar-refractivity contribution in [3.8, 4) is 0 Å². The number of ether oxygens (including phenoxy) is 1. The van der Waals surface area contributed by atoms with E-state index >= 15 is 0 Å². The minimum atomic E-state index is 0.0505. The van der Waals surface area contributed by atoms with Crippen LogP contribution in [0, 0.1) is 29.1 Å². The van der Waals surface area contributed by atoms with E-state index in [0.29, 0.717) is 24.0 Å². The molecule has 198 valence electrons. The minimum Gasteiger partial charge on any atom is -0.462 e. The van der Waals surface area contributed by atoms with E-state index < -0.39 is 0 Å². The number of hydrogen-bond donors (Lipinski definition) is 0. The summed E-state index contributed by atoms with van der Waals surface area (Å²) in [6, 6.07) is 0. The molecule has 0 amide bonds. The van der Waals surface area contributed by atoms with Crippen LogP contribution in [0.1, 0.15) is 142 Å². The summed E-state index contributed by atoms with van der Waals surface area (Å²) in [7, 11) is 0. The maximum atomic E-state index is 12.7. The molecular formula is C32H52O3. The molecule has 0 bridgehead atoms. The number of rotatable bonds is 13. The van der Waals surface area contributed by atoms with E-state index in [1.165, 1.54) is 95.5 Å². The molecule has 3 nitrogen and oxygen atoms in total. The summed E-state index contributed by atoms with van der Waals surface area (Å²) in [6.45, 7) is 4.70. The van der Waals surface area contributed by atoms with E-state index in [0.717, 1.165) is 43.9 Å². The topological polar surface area (TPSA) is 43.4 Å². The molecule has 0 saturated heterocycles. The molecule has 0 N–H and O–H groups in total. The van der Waals surface area contributed by atoms with Crippen LogP contribution in [0.15, 0.2) is 11.6 Å². The van der Waals surface area contributed by atoms with Crippen molar-refractivity contribution in [2.45, 2.75) is 148 Å². The van der Waals surface area contributed by atoms with Gasteiger partial charge in [-0.15, -0.1) is 0 Å². The zero-order chi connectivity index (χ0) is 24.7. The van der Waals surface area contributed by atoms with Crippen molar-refractivity contribution >= 4 is 11.8 Å². The van der Waals surface area contributed by atoms with E-state index in [-0.39, 0.29) is 17.5 Å². The second-order valence-corrected chi connectivity index (χ2v) is 12.7. The van der Waals surface area contributed by atoms with Gasteiger partial charge in [0.25, 0.3) is 0 Å². The molecule has 0 aliphatic heterocycles. The van der Waals surface area contributed by atoms with Gasteiger partial charge in [-0.2, -0.15) is 0 Å². The molecule has 35 heavy (non-hydrogen) atoms. The van der Waals surface area contributed by atoms with Gasteiger partial charge in [-0.05, 0) is 81.1 Å². The van der Waals surface area contributed by atoms with Crippen LogP contribution in [0.25, 0.3) is 0 Å². The molecule has 3 fully saturated rings. The monoisotopic (exact) mass is 484 g/mol. The van der Waals surface area contributed by atoms with Crippen molar-refractivity contribution in [3.63, 3.8) is 0 Å². The fraction of sp³-hybridized carbons (Fsp3) is 0.875. The van der Waals surface area contributed by atoms with Crippen LogP contribution in [0.2, 0.25) is 0 Å². The number of esters is 1. The van der Waals surface area contributed by atoms with Gasteiger partial charge >= 0.3 is 5.97 Å². The quantitative estimate of drug-likeness (QED) is 0.194. The molecule has 0 aromatic rings. The van der Waals surface area contributed by atoms with Gasteiger partial charge in [0.1, 0.15) is 6.10 Å². The maximum absolute atomic E-state index is 12.7. The summed E-state index contributed by atoms with van der Waals surface area (Å²) in [5.74, 6) is 3.26. The van der Waals surface area contributed by atoms with E-state index in [1.807, 2.05) is 6.08 Å². The van der Waals surface area contributed by atoms with Crippen LogP contribution in [0.3, 0.4) is 0 Å². The Morgan fingerprint density at radius 3 is 2.26 bits per heavy atom. The Morgan fingerprint density at radius 2 is 1.54 bits per heavy atom. The number of hydrogen-bond acceptors (Lipinski definition) is 3. The largest absolute Gasteiger partial charge is 0.462 e. The minimum absolute atomic E-state index is 0.0505. The van der Waals surface area contributed by atoms with Gasteiger partial charge in [-0.1, -0.05) is 83.6 Å². The van der Waals surface area contributed by atoms with Crippen molar-refractivity contribution < 1.29 is 14.3 Å². The van der Waals surface area contributed by atoms with Gasteiger partial charge in [-0.3, -0.25) is 9.59 Å². The summed E-state index contributed by atoms with van der Waals surface area (Å²) < 4.78 is 6.18. The SMILES string of the molecule is CCCCCCCCCCCCCC(=O)O[C@H]1CC[C@H]2[C@@H]3CCC4=CC(=O)CC[C@@H]4[C@H]3CC[C@]12C. The molecule has 4 aliphatic carbocycles. The van der Waals surface area contributed by atoms with Crippen molar-refractivity contribution in [1.29, 1.82) is 0 Å². The van der Waals surface area contributed by atoms with Crippen LogP contribution in [0.5, 0.6) is 0 Å². The zero-order valence-corrected chi connectivity index (χ0v) is 22.8. The van der Waals surface area contributed by atoms with Crippen LogP contribution < -0.4 is 0 Å². The van der Waals surface area contributed by atoms with E-state index in [1.54, 1.807) is 0 Å². The Hall–Kier alpha value is -1.12. The summed E-state index contributed by atoms with van der Waals surface area (Å²) in [5, 5.41) is 0. The van der Waals surface area contributed by atoms with Gasteiger partial charge in [0.2, 0.25) is 0 Å². The zero-order valence-electron chi connectivity index (χ0n) is 22.8. The van der Waals surface area contributed by atoms with Crippen LogP contribution in [-0.4, -0.2) is 17.9 Å². The number of ketones is 1. The third-order valence-corrected chi connectivity index (χ3v) is 10.5. The lowest BCUT2D eigenvalue weighted by Crippen LogP contribution is -2.48. The Kier molecular flexibility index (Phi) is 9.93. The Morgan fingerprint density at radius 1 is 0.857 bits per heavy atom. The van der Waals surface area contributed by atoms with Crippen molar-refractivity contribution in [2.24, 2.45) is 29.1 Å². The third-order valence-electron chi connectivity index (χ3n) is 10.5. The Labute approximate surface area is 215 Å². The average molecular weight is 485 g/mol. The number of carbonyl (C=O) groups is 2. The van der Waals surface area contributed by atoms with Gasteiger partial charge < -0.3 is 4.74 Å². The van der Waals surface area contributed by atoms with Crippen molar-refractivity contribution in [2.75, 3.05) is 0 Å². The van der Waals surface area contributed by atoms with E-state index in [9.17, 15) is 9.59 Å². The number of carbonyl (C=O) groups excluding carboxylic acids is 2. The maximum Gasteiger partial charge on any atom is 0.306 e. The smallest absolute Gasteiger partial charge is 0.306 e. The third kappa shape index (κ3) is 6.61. The normalized spacial score (nSPS) is 34.1. The molecule has 0 aromatic heterocycles. The highest BCUT2D eigenvalue weighted by molar-refractivity contribution is 5.91. The fourth-order valence-corrected chi connectivity index (χ4v) is 8.48. The highest BCUT2D eigenvalue weighted by Crippen LogP contribution is 2.62. The molecule has 0 radical (unpaired) electrons. The first-order chi connectivity index (χ1) is 17.0. The standard InChI is InChI=1S/C32H52O3/c1-3-4-5-6-7-8-9-10-11-12-13-14-31(34)35-30-20-19-29-28-17-15-24-23-25(33)16-18-26(24)27(28)21-22-32(29,30)2/h23,26-30H,3-22H2,1-2H3/t26-,27+,28+,29-,30-,32-/m0/s1. The van der Waals surface area contributed by atoms with Gasteiger partial charge in [0, 0.05) is 18.3 Å². The predicted molar refractivity (Wildman–Crippen MR) is 143 cm³/mol. The van der Waals surface area contributed by atoms with Gasteiger partial charge in [-0.25, -0.2) is 0 Å². The van der Waals surface area contributed by atoms with Gasteiger partial charge in [0.05, 0.1) is 0 Å². The lowest BCUT2D eigenvalue weighted by Gasteiger charge is -2.53. The van der Waals surface area contributed by atoms with E-state index in [2.05, 4.69) is 13.8 Å². The molecule has 0 unspecified atom stereocenters. The lowest BCUT2D eigenvalue weighted by atomic mass is 9.52. The van der Waals surface area contributed by atoms with Crippen LogP contribution in [0.4, 0.5) is 0 Å². The van der Waals surface area contributed by atoms with E-state index in [4.69, 9.17) is 4.74 Å². The van der Waals surface area contributed by atoms with Crippen molar-refractivity contribution in [1.82, 2.24) is 0 Å². The number of unbranched alkanes of at least 4 members (excludes halogenated alkanes) is 10. The Balaban J connectivity index is 1.14. The second kappa shape index (κ2) is 12.9. The lowest BCUT2D eigenvalue weighted by molar-refractivity contribution is -0.159. The molecule has 0 aromatic carbocycles. The first-order valence-electron chi connectivity index (χ1n) is 15.5. The van der Waals surface area contributed by atoms with Gasteiger partial charge in [0.15, 0.2) is 5.78 Å². The summed E-state index contributed by atoms with van der Waals surface area (Å²) in [5.41, 5.74) is 1.62. The Bertz CT molecular complexity index is 739. The predicted octanol–water partition coefficient (Wildman–Crippen LogP) is 8.74. The average Bonchev–Trinajstić information content (AvgIpc) is 3.18. The first kappa shape index (κ1) is 26.9. The molecule has 4 aliphatic rings. The molecule has 4 rings (SSSR count). The van der Waals surface area contributed by atoms with Crippen LogP contribution >= 0.6 is 0 Å². The molecule has 6 atom stereocenters.